The fraction of sp³-hybridized carbons (Fsp3) is 0.438. The second-order valence-corrected chi connectivity index (χ2v) is 6.75. The molecule has 2 aromatic rings. The fourth-order valence-electron chi connectivity index (χ4n) is 2.04. The van der Waals surface area contributed by atoms with Crippen LogP contribution in [0.4, 0.5) is 19.0 Å². The lowest BCUT2D eigenvalue weighted by atomic mass is 10.3. The molecule has 3 N–H and O–H groups in total. The third-order valence-electron chi connectivity index (χ3n) is 3.34. The predicted octanol–water partition coefficient (Wildman–Crippen LogP) is 3.03. The Balaban J connectivity index is 1.64. The van der Waals surface area contributed by atoms with Gasteiger partial charge >= 0.3 is 6.18 Å². The van der Waals surface area contributed by atoms with Crippen molar-refractivity contribution in [2.45, 2.75) is 26.1 Å². The van der Waals surface area contributed by atoms with Gasteiger partial charge < -0.3 is 16.0 Å². The van der Waals surface area contributed by atoms with Gasteiger partial charge in [0.25, 0.3) is 0 Å². The van der Waals surface area contributed by atoms with Crippen molar-refractivity contribution in [1.82, 2.24) is 20.6 Å². The van der Waals surface area contributed by atoms with Crippen molar-refractivity contribution >= 4 is 23.1 Å². The van der Waals surface area contributed by atoms with E-state index >= 15 is 0 Å². The van der Waals surface area contributed by atoms with Crippen LogP contribution in [0.2, 0.25) is 0 Å². The predicted molar refractivity (Wildman–Crippen MR) is 97.4 cm³/mol. The van der Waals surface area contributed by atoms with Crippen LogP contribution in [-0.4, -0.2) is 36.1 Å². The first-order chi connectivity index (χ1) is 12.4. The number of nitrogens with zero attached hydrogens (tertiary/aromatic N) is 3. The number of halogens is 3. The van der Waals surface area contributed by atoms with Gasteiger partial charge in [0, 0.05) is 37.4 Å². The van der Waals surface area contributed by atoms with Crippen molar-refractivity contribution in [2.75, 3.05) is 25.5 Å². The van der Waals surface area contributed by atoms with Gasteiger partial charge in [0.05, 0.1) is 12.1 Å². The summed E-state index contributed by atoms with van der Waals surface area (Å²) in [5.41, 5.74) is -0.755. The third kappa shape index (κ3) is 6.51. The maximum atomic E-state index is 12.5. The first kappa shape index (κ1) is 20.0. The van der Waals surface area contributed by atoms with E-state index in [0.717, 1.165) is 28.6 Å². The Morgan fingerprint density at radius 2 is 1.96 bits per heavy atom. The minimum Gasteiger partial charge on any atom is -0.370 e. The molecular weight excluding hydrogens is 365 g/mol. The van der Waals surface area contributed by atoms with E-state index < -0.39 is 11.7 Å². The minimum absolute atomic E-state index is 0.416. The van der Waals surface area contributed by atoms with Gasteiger partial charge in [-0.05, 0) is 25.5 Å². The molecule has 26 heavy (non-hydrogen) atoms. The molecule has 0 aliphatic rings. The molecule has 0 unspecified atom stereocenters. The van der Waals surface area contributed by atoms with Crippen molar-refractivity contribution in [3.63, 3.8) is 0 Å². The van der Waals surface area contributed by atoms with Crippen molar-refractivity contribution in [2.24, 2.45) is 4.99 Å². The Morgan fingerprint density at radius 1 is 1.15 bits per heavy atom. The van der Waals surface area contributed by atoms with Crippen LogP contribution in [-0.2, 0) is 12.7 Å². The maximum absolute atomic E-state index is 12.5. The highest BCUT2D eigenvalue weighted by molar-refractivity contribution is 7.11. The highest BCUT2D eigenvalue weighted by atomic mass is 32.1. The zero-order chi connectivity index (χ0) is 19.0. The number of aromatic nitrogens is 2. The van der Waals surface area contributed by atoms with Crippen LogP contribution in [0, 0.1) is 6.92 Å². The number of thiazole rings is 1. The fourth-order valence-corrected chi connectivity index (χ4v) is 2.77. The number of hydrogen-bond acceptors (Lipinski definition) is 5. The quantitative estimate of drug-likeness (QED) is 0.388. The lowest BCUT2D eigenvalue weighted by Crippen LogP contribution is -2.37. The number of aryl methyl sites for hydroxylation is 1. The standard InChI is InChI=1S/C16H21F3N6S/c1-11-8-24-14(26-11)10-25-15(20-2)22-7-3-6-21-13-5-4-12(9-23-13)16(17,18)19/h4-5,8-9H,3,6-7,10H2,1-2H3,(H,21,23)(H2,20,22,25). The summed E-state index contributed by atoms with van der Waals surface area (Å²) in [4.78, 5) is 13.3. The van der Waals surface area contributed by atoms with Crippen molar-refractivity contribution in [1.29, 1.82) is 0 Å². The second-order valence-electron chi connectivity index (χ2n) is 5.43. The molecule has 0 saturated carbocycles. The monoisotopic (exact) mass is 386 g/mol. The summed E-state index contributed by atoms with van der Waals surface area (Å²) in [6.45, 7) is 3.84. The van der Waals surface area contributed by atoms with Crippen LogP contribution in [0.5, 0.6) is 0 Å². The summed E-state index contributed by atoms with van der Waals surface area (Å²) in [5.74, 6) is 1.09. The van der Waals surface area contributed by atoms with Crippen LogP contribution in [0.15, 0.2) is 29.5 Å². The van der Waals surface area contributed by atoms with Gasteiger partial charge in [0.2, 0.25) is 0 Å². The highest BCUT2D eigenvalue weighted by Gasteiger charge is 2.30. The van der Waals surface area contributed by atoms with E-state index in [0.29, 0.717) is 31.4 Å². The van der Waals surface area contributed by atoms with E-state index in [1.54, 1.807) is 18.4 Å². The Morgan fingerprint density at radius 3 is 2.54 bits per heavy atom. The summed E-state index contributed by atoms with van der Waals surface area (Å²) >= 11 is 1.63. The molecule has 0 saturated heterocycles. The molecule has 0 amide bonds. The van der Waals surface area contributed by atoms with Crippen LogP contribution in [0.25, 0.3) is 0 Å². The normalized spacial score (nSPS) is 12.1. The summed E-state index contributed by atoms with van der Waals surface area (Å²) in [6, 6.07) is 2.34. The van der Waals surface area contributed by atoms with Gasteiger partial charge in [0.1, 0.15) is 10.8 Å². The van der Waals surface area contributed by atoms with Gasteiger partial charge in [-0.25, -0.2) is 9.97 Å². The van der Waals surface area contributed by atoms with E-state index in [1.165, 1.54) is 6.07 Å². The smallest absolute Gasteiger partial charge is 0.370 e. The molecule has 0 bridgehead atoms. The summed E-state index contributed by atoms with van der Waals surface area (Å²) in [7, 11) is 1.69. The van der Waals surface area contributed by atoms with Gasteiger partial charge in [0.15, 0.2) is 5.96 Å². The summed E-state index contributed by atoms with van der Waals surface area (Å²) in [5, 5.41) is 10.3. The van der Waals surface area contributed by atoms with E-state index in [9.17, 15) is 13.2 Å². The molecule has 0 fully saturated rings. The molecule has 0 aromatic carbocycles. The Labute approximate surface area is 154 Å². The summed E-state index contributed by atoms with van der Waals surface area (Å²) in [6.07, 6.45) is -0.957. The number of rotatable bonds is 7. The topological polar surface area (TPSA) is 74.2 Å². The molecule has 6 nitrogen and oxygen atoms in total. The number of aliphatic imine (C=N–C) groups is 1. The van der Waals surface area contributed by atoms with Crippen LogP contribution in [0.3, 0.4) is 0 Å². The van der Waals surface area contributed by atoms with Crippen molar-refractivity contribution in [3.8, 4) is 0 Å². The van der Waals surface area contributed by atoms with Crippen LogP contribution >= 0.6 is 11.3 Å². The number of alkyl halides is 3. The Kier molecular flexibility index (Phi) is 7.19. The molecule has 0 spiro atoms. The van der Waals surface area contributed by atoms with Crippen LogP contribution < -0.4 is 16.0 Å². The van der Waals surface area contributed by atoms with Crippen molar-refractivity contribution in [3.05, 3.63) is 40.0 Å². The molecule has 0 atom stereocenters. The molecule has 2 aromatic heterocycles. The first-order valence-electron chi connectivity index (χ1n) is 8.01. The number of pyridine rings is 1. The summed E-state index contributed by atoms with van der Waals surface area (Å²) < 4.78 is 37.4. The van der Waals surface area contributed by atoms with E-state index in [4.69, 9.17) is 0 Å². The average molecular weight is 386 g/mol. The SMILES string of the molecule is CN=C(NCCCNc1ccc(C(F)(F)F)cn1)NCc1ncc(C)s1. The van der Waals surface area contributed by atoms with E-state index in [-0.39, 0.29) is 0 Å². The minimum atomic E-state index is -4.37. The number of nitrogens with one attached hydrogen (secondary N) is 3. The second kappa shape index (κ2) is 9.37. The first-order valence-corrected chi connectivity index (χ1v) is 8.83. The zero-order valence-electron chi connectivity index (χ0n) is 14.5. The van der Waals surface area contributed by atoms with E-state index in [2.05, 4.69) is 30.9 Å². The molecule has 10 heteroatoms. The van der Waals surface area contributed by atoms with Gasteiger partial charge in [-0.3, -0.25) is 4.99 Å². The van der Waals surface area contributed by atoms with E-state index in [1.807, 2.05) is 13.1 Å². The molecule has 0 aliphatic heterocycles. The highest BCUT2D eigenvalue weighted by Crippen LogP contribution is 2.28. The number of hydrogen-bond donors (Lipinski definition) is 3. The lowest BCUT2D eigenvalue weighted by Gasteiger charge is -2.11. The van der Waals surface area contributed by atoms with Gasteiger partial charge in [-0.1, -0.05) is 0 Å². The Hall–Kier alpha value is -2.36. The van der Waals surface area contributed by atoms with Crippen LogP contribution in [0.1, 0.15) is 21.9 Å². The average Bonchev–Trinajstić information content (AvgIpc) is 3.02. The van der Waals surface area contributed by atoms with Crippen molar-refractivity contribution < 1.29 is 13.2 Å². The van der Waals surface area contributed by atoms with Gasteiger partial charge in [-0.15, -0.1) is 11.3 Å². The molecule has 0 radical (unpaired) electrons. The molecule has 2 heterocycles. The molecule has 0 aliphatic carbocycles. The molecule has 2 rings (SSSR count). The largest absolute Gasteiger partial charge is 0.417 e. The Bertz CT molecular complexity index is 712. The number of anilines is 1. The lowest BCUT2D eigenvalue weighted by molar-refractivity contribution is -0.137. The third-order valence-corrected chi connectivity index (χ3v) is 4.26. The molecular formula is C16H21F3N6S. The zero-order valence-corrected chi connectivity index (χ0v) is 15.3. The maximum Gasteiger partial charge on any atom is 0.417 e. The number of guanidine groups is 1. The molecule has 142 valence electrons. The van der Waals surface area contributed by atoms with Gasteiger partial charge in [-0.2, -0.15) is 13.2 Å².